The molecule has 3 rings (SSSR count). The average Bonchev–Trinajstić information content (AvgIpc) is 2.83. The lowest BCUT2D eigenvalue weighted by atomic mass is 10.1. The SMILES string of the molecule is NCc1cccc2nc(Cc3ccccc3Br)cn12. The van der Waals surface area contributed by atoms with Gasteiger partial charge in [0.2, 0.25) is 0 Å². The third-order valence-corrected chi connectivity index (χ3v) is 3.94. The fourth-order valence-electron chi connectivity index (χ4n) is 2.21. The maximum absolute atomic E-state index is 5.75. The first kappa shape index (κ1) is 12.4. The van der Waals surface area contributed by atoms with E-state index in [9.17, 15) is 0 Å². The summed E-state index contributed by atoms with van der Waals surface area (Å²) in [5.41, 5.74) is 10.1. The normalized spacial score (nSPS) is 11.1. The van der Waals surface area contributed by atoms with E-state index in [4.69, 9.17) is 5.73 Å². The standard InChI is InChI=1S/C15H14BrN3/c16-14-6-2-1-4-11(14)8-12-10-19-13(9-17)5-3-7-15(19)18-12/h1-7,10H,8-9,17H2. The topological polar surface area (TPSA) is 43.3 Å². The highest BCUT2D eigenvalue weighted by atomic mass is 79.9. The highest BCUT2D eigenvalue weighted by Crippen LogP contribution is 2.20. The largest absolute Gasteiger partial charge is 0.325 e. The van der Waals surface area contributed by atoms with E-state index in [0.29, 0.717) is 6.54 Å². The van der Waals surface area contributed by atoms with Crippen LogP contribution < -0.4 is 5.73 Å². The first-order valence-corrected chi connectivity index (χ1v) is 6.96. The second-order valence-electron chi connectivity index (χ2n) is 4.45. The molecule has 0 aliphatic rings. The lowest BCUT2D eigenvalue weighted by molar-refractivity contribution is 0.944. The Morgan fingerprint density at radius 1 is 1.11 bits per heavy atom. The first-order chi connectivity index (χ1) is 9.28. The predicted octanol–water partition coefficient (Wildman–Crippen LogP) is 3.15. The van der Waals surface area contributed by atoms with E-state index in [1.807, 2.05) is 30.3 Å². The molecule has 0 saturated carbocycles. The van der Waals surface area contributed by atoms with E-state index in [1.165, 1.54) is 5.56 Å². The van der Waals surface area contributed by atoms with Crippen LogP contribution >= 0.6 is 15.9 Å². The molecule has 0 spiro atoms. The number of pyridine rings is 1. The van der Waals surface area contributed by atoms with Gasteiger partial charge in [0.25, 0.3) is 0 Å². The van der Waals surface area contributed by atoms with Gasteiger partial charge in [0, 0.05) is 29.3 Å². The molecule has 3 nitrogen and oxygen atoms in total. The number of benzene rings is 1. The third kappa shape index (κ3) is 2.41. The van der Waals surface area contributed by atoms with E-state index < -0.39 is 0 Å². The lowest BCUT2D eigenvalue weighted by Crippen LogP contribution is -2.02. The zero-order chi connectivity index (χ0) is 13.2. The number of hydrogen-bond donors (Lipinski definition) is 1. The van der Waals surface area contributed by atoms with Gasteiger partial charge >= 0.3 is 0 Å². The zero-order valence-corrected chi connectivity index (χ0v) is 12.0. The lowest BCUT2D eigenvalue weighted by Gasteiger charge is -2.01. The second kappa shape index (κ2) is 5.15. The van der Waals surface area contributed by atoms with Crippen molar-refractivity contribution in [2.45, 2.75) is 13.0 Å². The van der Waals surface area contributed by atoms with E-state index in [0.717, 1.165) is 27.9 Å². The van der Waals surface area contributed by atoms with Crippen molar-refractivity contribution in [2.24, 2.45) is 5.73 Å². The van der Waals surface area contributed by atoms with Gasteiger partial charge in [-0.15, -0.1) is 0 Å². The van der Waals surface area contributed by atoms with Crippen LogP contribution in [0.25, 0.3) is 5.65 Å². The Hall–Kier alpha value is -1.65. The van der Waals surface area contributed by atoms with E-state index >= 15 is 0 Å². The smallest absolute Gasteiger partial charge is 0.137 e. The fraction of sp³-hybridized carbons (Fsp3) is 0.133. The first-order valence-electron chi connectivity index (χ1n) is 6.17. The van der Waals surface area contributed by atoms with Gasteiger partial charge < -0.3 is 10.1 Å². The molecule has 0 bridgehead atoms. The summed E-state index contributed by atoms with van der Waals surface area (Å²) in [5, 5.41) is 0. The molecule has 0 atom stereocenters. The zero-order valence-electron chi connectivity index (χ0n) is 10.4. The maximum Gasteiger partial charge on any atom is 0.137 e. The number of fused-ring (bicyclic) bond motifs is 1. The number of halogens is 1. The molecular weight excluding hydrogens is 302 g/mol. The van der Waals surface area contributed by atoms with Crippen molar-refractivity contribution in [3.05, 3.63) is 70.1 Å². The van der Waals surface area contributed by atoms with Gasteiger partial charge in [-0.25, -0.2) is 4.98 Å². The summed E-state index contributed by atoms with van der Waals surface area (Å²) in [7, 11) is 0. The van der Waals surface area contributed by atoms with E-state index in [-0.39, 0.29) is 0 Å². The quantitative estimate of drug-likeness (QED) is 0.807. The van der Waals surface area contributed by atoms with Crippen molar-refractivity contribution >= 4 is 21.6 Å². The van der Waals surface area contributed by atoms with Crippen LogP contribution in [0.3, 0.4) is 0 Å². The van der Waals surface area contributed by atoms with Crippen LogP contribution in [0.15, 0.2) is 53.1 Å². The van der Waals surface area contributed by atoms with Crippen LogP contribution in [0.1, 0.15) is 17.0 Å². The van der Waals surface area contributed by atoms with Gasteiger partial charge in [-0.3, -0.25) is 0 Å². The molecule has 0 fully saturated rings. The van der Waals surface area contributed by atoms with Crippen molar-refractivity contribution in [3.8, 4) is 0 Å². The number of aromatic nitrogens is 2. The number of nitrogens with two attached hydrogens (primary N) is 1. The Labute approximate surface area is 120 Å². The monoisotopic (exact) mass is 315 g/mol. The van der Waals surface area contributed by atoms with Crippen LogP contribution in [0, 0.1) is 0 Å². The van der Waals surface area contributed by atoms with Crippen LogP contribution in [-0.2, 0) is 13.0 Å². The third-order valence-electron chi connectivity index (χ3n) is 3.16. The van der Waals surface area contributed by atoms with Gasteiger partial charge in [0.05, 0.1) is 5.69 Å². The molecule has 0 saturated heterocycles. The molecule has 0 radical (unpaired) electrons. The minimum atomic E-state index is 0.516. The Bertz CT molecular complexity index is 718. The summed E-state index contributed by atoms with van der Waals surface area (Å²) in [4.78, 5) is 4.64. The number of hydrogen-bond acceptors (Lipinski definition) is 2. The molecule has 3 aromatic rings. The molecule has 0 unspecified atom stereocenters. The van der Waals surface area contributed by atoms with Crippen molar-refractivity contribution in [3.63, 3.8) is 0 Å². The molecule has 0 aliphatic heterocycles. The van der Waals surface area contributed by atoms with Gasteiger partial charge in [-0.2, -0.15) is 0 Å². The Kier molecular flexibility index (Phi) is 3.36. The highest BCUT2D eigenvalue weighted by Gasteiger charge is 2.06. The maximum atomic E-state index is 5.75. The molecule has 0 amide bonds. The molecule has 19 heavy (non-hydrogen) atoms. The highest BCUT2D eigenvalue weighted by molar-refractivity contribution is 9.10. The van der Waals surface area contributed by atoms with Crippen molar-refractivity contribution in [1.29, 1.82) is 0 Å². The van der Waals surface area contributed by atoms with Crippen LogP contribution in [0.2, 0.25) is 0 Å². The molecule has 2 heterocycles. The minimum Gasteiger partial charge on any atom is -0.325 e. The number of nitrogens with zero attached hydrogens (tertiary/aromatic N) is 2. The average molecular weight is 316 g/mol. The number of rotatable bonds is 3. The van der Waals surface area contributed by atoms with Crippen molar-refractivity contribution in [2.75, 3.05) is 0 Å². The summed E-state index contributed by atoms with van der Waals surface area (Å²) in [6.07, 6.45) is 2.88. The van der Waals surface area contributed by atoms with Gasteiger partial charge in [-0.1, -0.05) is 40.2 Å². The van der Waals surface area contributed by atoms with Gasteiger partial charge in [-0.05, 0) is 23.8 Å². The minimum absolute atomic E-state index is 0.516. The van der Waals surface area contributed by atoms with Crippen molar-refractivity contribution in [1.82, 2.24) is 9.38 Å². The van der Waals surface area contributed by atoms with Crippen LogP contribution in [0.4, 0.5) is 0 Å². The van der Waals surface area contributed by atoms with Gasteiger partial charge in [0.1, 0.15) is 5.65 Å². The molecule has 4 heteroatoms. The van der Waals surface area contributed by atoms with Crippen LogP contribution in [0.5, 0.6) is 0 Å². The van der Waals surface area contributed by atoms with Crippen molar-refractivity contribution < 1.29 is 0 Å². The Balaban J connectivity index is 2.00. The summed E-state index contributed by atoms with van der Waals surface area (Å²) in [6, 6.07) is 14.2. The second-order valence-corrected chi connectivity index (χ2v) is 5.30. The van der Waals surface area contributed by atoms with Gasteiger partial charge in [0.15, 0.2) is 0 Å². The summed E-state index contributed by atoms with van der Waals surface area (Å²) in [6.45, 7) is 0.516. The fourth-order valence-corrected chi connectivity index (χ4v) is 2.63. The molecular formula is C15H14BrN3. The van der Waals surface area contributed by atoms with E-state index in [2.05, 4.69) is 43.6 Å². The summed E-state index contributed by atoms with van der Waals surface area (Å²) in [5.74, 6) is 0. The summed E-state index contributed by atoms with van der Waals surface area (Å²) >= 11 is 3.57. The number of imidazole rings is 1. The molecule has 2 aromatic heterocycles. The molecule has 1 aromatic carbocycles. The Morgan fingerprint density at radius 3 is 2.74 bits per heavy atom. The molecule has 2 N–H and O–H groups in total. The predicted molar refractivity (Wildman–Crippen MR) is 80.0 cm³/mol. The molecule has 96 valence electrons. The summed E-state index contributed by atoms with van der Waals surface area (Å²) < 4.78 is 3.18. The Morgan fingerprint density at radius 2 is 1.95 bits per heavy atom. The van der Waals surface area contributed by atoms with Crippen LogP contribution in [-0.4, -0.2) is 9.38 Å². The molecule has 0 aliphatic carbocycles. The van der Waals surface area contributed by atoms with E-state index in [1.54, 1.807) is 0 Å².